The van der Waals surface area contributed by atoms with Crippen LogP contribution in [0.1, 0.15) is 19.8 Å². The minimum absolute atomic E-state index is 0.0653. The van der Waals surface area contributed by atoms with Gasteiger partial charge in [0.05, 0.1) is 11.1 Å². The number of rotatable bonds is 6. The van der Waals surface area contributed by atoms with Gasteiger partial charge in [0.15, 0.2) is 11.8 Å². The maximum absolute atomic E-state index is 8.63. The second-order valence-corrected chi connectivity index (χ2v) is 7.70. The smallest absolute Gasteiger partial charge is 0.433 e. The lowest BCUT2D eigenvalue weighted by Crippen LogP contribution is -2.30. The van der Waals surface area contributed by atoms with Gasteiger partial charge in [0.1, 0.15) is 11.4 Å². The SMILES string of the molecule is CCCCOc1cc2c(N=C(N)N)nnc(-c3ccccc3)c2cc1Br.[O-][Br+2]([O-])O. The molecule has 0 saturated heterocycles. The monoisotopic (exact) mass is 541 g/mol. The number of aromatic nitrogens is 2. The maximum atomic E-state index is 8.63. The number of aliphatic imine (C=N–C) groups is 1. The highest BCUT2D eigenvalue weighted by atomic mass is 80.0. The highest BCUT2D eigenvalue weighted by Gasteiger charge is 2.15. The summed E-state index contributed by atoms with van der Waals surface area (Å²) in [6.45, 7) is 2.76. The van der Waals surface area contributed by atoms with Crippen LogP contribution >= 0.6 is 15.9 Å². The molecule has 0 aliphatic carbocycles. The molecule has 1 aromatic heterocycles. The third-order valence-corrected chi connectivity index (χ3v) is 4.47. The largest absolute Gasteiger partial charge is 0.492 e. The second kappa shape index (κ2) is 11.8. The minimum Gasteiger partial charge on any atom is -0.492 e. The van der Waals surface area contributed by atoms with Crippen LogP contribution < -0.4 is 24.6 Å². The van der Waals surface area contributed by atoms with Crippen molar-refractivity contribution in [3.05, 3.63) is 46.9 Å². The summed E-state index contributed by atoms with van der Waals surface area (Å²) in [4.78, 5) is 4.12. The van der Waals surface area contributed by atoms with Crippen molar-refractivity contribution in [2.24, 2.45) is 16.5 Å². The summed E-state index contributed by atoms with van der Waals surface area (Å²) < 4.78 is 31.0. The lowest BCUT2D eigenvalue weighted by atomic mass is 10.0. The van der Waals surface area contributed by atoms with E-state index >= 15 is 0 Å². The Bertz CT molecular complexity index is 996. The average molecular weight is 543 g/mol. The number of unbranched alkanes of at least 4 members (excludes halogenated alkanes) is 1. The van der Waals surface area contributed by atoms with Crippen molar-refractivity contribution < 1.29 is 32.1 Å². The van der Waals surface area contributed by atoms with E-state index in [4.69, 9.17) is 28.8 Å². The Balaban J connectivity index is 0.000000735. The Morgan fingerprint density at radius 2 is 1.83 bits per heavy atom. The van der Waals surface area contributed by atoms with E-state index in [1.807, 2.05) is 42.5 Å². The average Bonchev–Trinajstić information content (AvgIpc) is 2.69. The first-order valence-corrected chi connectivity index (χ1v) is 11.7. The number of benzene rings is 2. The highest BCUT2D eigenvalue weighted by Crippen LogP contribution is 2.38. The molecular formula is C19H21Br2N5O4. The molecule has 0 aliphatic heterocycles. The number of fused-ring (bicyclic) bond motifs is 1. The minimum atomic E-state index is -3.40. The molecule has 3 aromatic rings. The quantitative estimate of drug-likeness (QED) is 0.237. The van der Waals surface area contributed by atoms with Crippen molar-refractivity contribution in [1.29, 1.82) is 0 Å². The predicted octanol–water partition coefficient (Wildman–Crippen LogP) is 1.21. The molecule has 0 saturated carbocycles. The number of hydrogen-bond donors (Lipinski definition) is 3. The van der Waals surface area contributed by atoms with Crippen LogP contribution in [-0.4, -0.2) is 27.0 Å². The van der Waals surface area contributed by atoms with Gasteiger partial charge in [-0.3, -0.25) is 0 Å². The fourth-order valence-corrected chi connectivity index (χ4v) is 3.05. The van der Waals surface area contributed by atoms with E-state index in [2.05, 4.69) is 38.0 Å². The summed E-state index contributed by atoms with van der Waals surface area (Å²) in [6.07, 6.45) is 2.04. The first-order valence-electron chi connectivity index (χ1n) is 8.85. The summed E-state index contributed by atoms with van der Waals surface area (Å²) >= 11 is 0.197. The third kappa shape index (κ3) is 6.89. The van der Waals surface area contributed by atoms with E-state index in [0.29, 0.717) is 12.4 Å². The molecule has 1 heterocycles. The van der Waals surface area contributed by atoms with Crippen molar-refractivity contribution in [3.8, 4) is 17.0 Å². The Morgan fingerprint density at radius 1 is 1.17 bits per heavy atom. The standard InChI is InChI=1S/C19H20BrN5O.BrHO3/c1-2-3-9-26-16-11-14-13(10-15(16)20)17(12-7-5-4-6-8-12)24-25-18(14)23-19(21)22;2-1(3)4/h4-8,10-11H,2-3,9H2,1H3,(H4,21,22,23,25);2H. The Kier molecular flexibility index (Phi) is 9.40. The molecule has 0 fully saturated rings. The Morgan fingerprint density at radius 3 is 2.43 bits per heavy atom. The summed E-state index contributed by atoms with van der Waals surface area (Å²) in [6, 6.07) is 13.7. The number of nitrogens with zero attached hydrogens (tertiary/aromatic N) is 3. The molecule has 2 aromatic carbocycles. The van der Waals surface area contributed by atoms with E-state index in [1.165, 1.54) is 0 Å². The van der Waals surface area contributed by atoms with Crippen LogP contribution in [0, 0.1) is 14.8 Å². The number of nitrogens with two attached hydrogens (primary N) is 2. The van der Waals surface area contributed by atoms with Crippen molar-refractivity contribution in [1.82, 2.24) is 10.2 Å². The normalized spacial score (nSPS) is 10.5. The number of hydrogen-bond acceptors (Lipinski definition) is 7. The second-order valence-electron chi connectivity index (χ2n) is 6.01. The zero-order valence-electron chi connectivity index (χ0n) is 16.1. The van der Waals surface area contributed by atoms with Crippen LogP contribution in [-0.2, 0) is 0 Å². The first-order chi connectivity index (χ1) is 14.3. The maximum Gasteiger partial charge on any atom is 0.433 e. The van der Waals surface area contributed by atoms with Gasteiger partial charge < -0.3 is 24.6 Å². The lowest BCUT2D eigenvalue weighted by Gasteiger charge is -2.12. The molecule has 3 rings (SSSR count). The predicted molar refractivity (Wildman–Crippen MR) is 111 cm³/mol. The van der Waals surface area contributed by atoms with Crippen LogP contribution in [0.5, 0.6) is 5.75 Å². The van der Waals surface area contributed by atoms with Gasteiger partial charge in [-0.15, -0.1) is 10.2 Å². The molecule has 0 spiro atoms. The van der Waals surface area contributed by atoms with Crippen LogP contribution in [0.2, 0.25) is 0 Å². The molecule has 0 aliphatic rings. The van der Waals surface area contributed by atoms with E-state index in [0.717, 1.165) is 45.1 Å². The van der Waals surface area contributed by atoms with Crippen LogP contribution in [0.25, 0.3) is 22.0 Å². The van der Waals surface area contributed by atoms with E-state index < -0.39 is 14.8 Å². The van der Waals surface area contributed by atoms with Gasteiger partial charge in [-0.2, -0.15) is 4.99 Å². The highest BCUT2D eigenvalue weighted by molar-refractivity contribution is 9.10. The molecule has 0 amide bonds. The molecule has 0 unspecified atom stereocenters. The van der Waals surface area contributed by atoms with Crippen molar-refractivity contribution in [3.63, 3.8) is 0 Å². The van der Waals surface area contributed by atoms with Gasteiger partial charge in [0.25, 0.3) is 0 Å². The van der Waals surface area contributed by atoms with Crippen molar-refractivity contribution in [2.75, 3.05) is 6.61 Å². The van der Waals surface area contributed by atoms with Gasteiger partial charge in [-0.25, -0.2) is 0 Å². The molecule has 0 radical (unpaired) electrons. The van der Waals surface area contributed by atoms with Gasteiger partial charge in [0, 0.05) is 16.3 Å². The van der Waals surface area contributed by atoms with E-state index in [9.17, 15) is 0 Å². The number of halogens is 2. The summed E-state index contributed by atoms with van der Waals surface area (Å²) in [5.41, 5.74) is 12.8. The third-order valence-electron chi connectivity index (χ3n) is 3.85. The molecule has 11 heteroatoms. The van der Waals surface area contributed by atoms with Crippen molar-refractivity contribution >= 4 is 38.5 Å². The Labute approximate surface area is 187 Å². The molecule has 5 N–H and O–H groups in total. The van der Waals surface area contributed by atoms with E-state index in [-0.39, 0.29) is 5.96 Å². The van der Waals surface area contributed by atoms with Crippen LogP contribution in [0.15, 0.2) is 51.9 Å². The fourth-order valence-electron chi connectivity index (χ4n) is 2.59. The first kappa shape index (κ1) is 24.0. The topological polar surface area (TPSA) is 166 Å². The summed E-state index contributed by atoms with van der Waals surface area (Å²) in [5, 5.41) is 10.2. The van der Waals surface area contributed by atoms with E-state index in [1.54, 1.807) is 0 Å². The molecule has 0 atom stereocenters. The zero-order chi connectivity index (χ0) is 22.1. The number of guanidine groups is 1. The molecular weight excluding hydrogens is 522 g/mol. The lowest BCUT2D eigenvalue weighted by molar-refractivity contribution is -1.63. The Hall–Kier alpha value is -2.31. The summed E-state index contributed by atoms with van der Waals surface area (Å²) in [7, 11) is 0. The van der Waals surface area contributed by atoms with Crippen LogP contribution in [0.3, 0.4) is 0 Å². The van der Waals surface area contributed by atoms with Crippen molar-refractivity contribution in [2.45, 2.75) is 19.8 Å². The van der Waals surface area contributed by atoms with Gasteiger partial charge >= 0.3 is 14.8 Å². The van der Waals surface area contributed by atoms with Gasteiger partial charge in [0.2, 0.25) is 0 Å². The van der Waals surface area contributed by atoms with Gasteiger partial charge in [-0.05, 0) is 38.7 Å². The zero-order valence-corrected chi connectivity index (χ0v) is 19.3. The molecule has 160 valence electrons. The molecule has 0 bridgehead atoms. The molecule has 9 nitrogen and oxygen atoms in total. The van der Waals surface area contributed by atoms with Crippen LogP contribution in [0.4, 0.5) is 5.82 Å². The summed E-state index contributed by atoms with van der Waals surface area (Å²) in [5.74, 6) is 1.03. The molecule has 30 heavy (non-hydrogen) atoms. The fraction of sp³-hybridized carbons (Fsp3) is 0.211. The van der Waals surface area contributed by atoms with Gasteiger partial charge in [-0.1, -0.05) is 43.7 Å². The number of ether oxygens (including phenoxy) is 1.